The van der Waals surface area contributed by atoms with Crippen molar-refractivity contribution in [1.29, 1.82) is 5.26 Å². The van der Waals surface area contributed by atoms with Crippen LogP contribution in [0.25, 0.3) is 22.3 Å². The molecule has 8 heteroatoms. The molecule has 4 aromatic rings. The molecule has 0 radical (unpaired) electrons. The van der Waals surface area contributed by atoms with Crippen LogP contribution in [0.3, 0.4) is 0 Å². The monoisotopic (exact) mass is 429 g/mol. The molecule has 0 atom stereocenters. The summed E-state index contributed by atoms with van der Waals surface area (Å²) >= 11 is 0. The fourth-order valence-electron chi connectivity index (χ4n) is 3.04. The summed E-state index contributed by atoms with van der Waals surface area (Å²) in [6, 6.07) is 13.9. The Morgan fingerprint density at radius 2 is 1.56 bits per heavy atom. The summed E-state index contributed by atoms with van der Waals surface area (Å²) in [5, 5.41) is 12.6. The van der Waals surface area contributed by atoms with E-state index in [2.05, 4.69) is 5.10 Å². The van der Waals surface area contributed by atoms with Crippen molar-refractivity contribution < 1.29 is 4.74 Å². The van der Waals surface area contributed by atoms with E-state index in [1.807, 2.05) is 25.4 Å². The molecule has 0 bridgehead atoms. The molecule has 3 aromatic heterocycles. The largest absolute Gasteiger partial charge is 0.497 e. The molecular weight excluding hydrogens is 406 g/mol. The van der Waals surface area contributed by atoms with E-state index in [1.165, 1.54) is 15.2 Å². The fourth-order valence-corrected chi connectivity index (χ4v) is 3.04. The SMILES string of the molecule is COc1ccc(C#N)cc1.Cn1cc(-c2cn(C)c(=O)cc2-c2ccn(C)c(=O)c2)cn1. The molecule has 0 unspecified atom stereocenters. The second-order valence-corrected chi connectivity index (χ2v) is 7.16. The van der Waals surface area contributed by atoms with Crippen molar-refractivity contribution in [2.24, 2.45) is 21.1 Å². The van der Waals surface area contributed by atoms with E-state index in [9.17, 15) is 9.59 Å². The van der Waals surface area contributed by atoms with Crippen LogP contribution < -0.4 is 15.9 Å². The van der Waals surface area contributed by atoms with Crippen LogP contribution in [0.1, 0.15) is 5.56 Å². The molecule has 0 saturated carbocycles. The number of rotatable bonds is 3. The predicted molar refractivity (Wildman–Crippen MR) is 122 cm³/mol. The molecule has 32 heavy (non-hydrogen) atoms. The predicted octanol–water partition coefficient (Wildman–Crippen LogP) is 2.72. The van der Waals surface area contributed by atoms with E-state index >= 15 is 0 Å². The summed E-state index contributed by atoms with van der Waals surface area (Å²) in [5.74, 6) is 0.777. The Hall–Kier alpha value is -4.38. The summed E-state index contributed by atoms with van der Waals surface area (Å²) in [6.07, 6.45) is 7.09. The van der Waals surface area contributed by atoms with Crippen LogP contribution in [0, 0.1) is 11.3 Å². The summed E-state index contributed by atoms with van der Waals surface area (Å²) < 4.78 is 9.62. The van der Waals surface area contributed by atoms with Gasteiger partial charge in [-0.3, -0.25) is 14.3 Å². The normalized spacial score (nSPS) is 10.1. The van der Waals surface area contributed by atoms with Crippen LogP contribution in [0.15, 0.2) is 76.8 Å². The number of benzene rings is 1. The first-order valence-corrected chi connectivity index (χ1v) is 9.73. The van der Waals surface area contributed by atoms with E-state index in [1.54, 1.807) is 74.8 Å². The van der Waals surface area contributed by atoms with Gasteiger partial charge in [0.1, 0.15) is 5.75 Å². The molecule has 3 heterocycles. The standard InChI is InChI=1S/C16H16N4O2.C8H7NO/c1-18-5-4-11(6-15(18)21)13-7-16(22)19(2)10-14(13)12-8-17-20(3)9-12;1-10-8-4-2-7(6-9)3-5-8/h4-10H,1-3H3;2-5H,1H3. The molecule has 162 valence electrons. The first-order chi connectivity index (χ1) is 15.3. The topological polar surface area (TPSA) is 94.8 Å². The quantitative estimate of drug-likeness (QED) is 0.499. The maximum atomic E-state index is 12.0. The molecule has 0 N–H and O–H groups in total. The van der Waals surface area contributed by atoms with Gasteiger partial charge < -0.3 is 13.9 Å². The number of ether oxygens (including phenoxy) is 1. The molecule has 1 aromatic carbocycles. The molecule has 0 spiro atoms. The zero-order valence-corrected chi connectivity index (χ0v) is 18.3. The first kappa shape index (κ1) is 22.3. The second-order valence-electron chi connectivity index (χ2n) is 7.16. The van der Waals surface area contributed by atoms with Crippen molar-refractivity contribution in [3.8, 4) is 34.1 Å². The lowest BCUT2D eigenvalue weighted by Crippen LogP contribution is -2.17. The van der Waals surface area contributed by atoms with Gasteiger partial charge in [0.25, 0.3) is 11.1 Å². The summed E-state index contributed by atoms with van der Waals surface area (Å²) in [7, 11) is 6.83. The van der Waals surface area contributed by atoms with Gasteiger partial charge in [0.2, 0.25) is 0 Å². The van der Waals surface area contributed by atoms with Crippen molar-refractivity contribution in [1.82, 2.24) is 18.9 Å². The van der Waals surface area contributed by atoms with E-state index in [0.717, 1.165) is 28.0 Å². The van der Waals surface area contributed by atoms with Crippen molar-refractivity contribution in [3.63, 3.8) is 0 Å². The lowest BCUT2D eigenvalue weighted by Gasteiger charge is -2.10. The maximum absolute atomic E-state index is 12.0. The van der Waals surface area contributed by atoms with Crippen LogP contribution in [0.2, 0.25) is 0 Å². The first-order valence-electron chi connectivity index (χ1n) is 9.73. The van der Waals surface area contributed by atoms with Crippen molar-refractivity contribution in [3.05, 3.63) is 93.5 Å². The van der Waals surface area contributed by atoms with Gasteiger partial charge in [-0.1, -0.05) is 0 Å². The van der Waals surface area contributed by atoms with E-state index in [0.29, 0.717) is 5.56 Å². The van der Waals surface area contributed by atoms with Gasteiger partial charge in [-0.15, -0.1) is 0 Å². The second kappa shape index (κ2) is 9.62. The number of nitrogens with zero attached hydrogens (tertiary/aromatic N) is 5. The van der Waals surface area contributed by atoms with Crippen molar-refractivity contribution in [2.45, 2.75) is 0 Å². The number of nitriles is 1. The average molecular weight is 429 g/mol. The fraction of sp³-hybridized carbons (Fsp3) is 0.167. The van der Waals surface area contributed by atoms with Gasteiger partial charge in [-0.05, 0) is 41.5 Å². The minimum Gasteiger partial charge on any atom is -0.497 e. The van der Waals surface area contributed by atoms with Gasteiger partial charge >= 0.3 is 0 Å². The highest BCUT2D eigenvalue weighted by molar-refractivity contribution is 5.82. The van der Waals surface area contributed by atoms with Crippen molar-refractivity contribution >= 4 is 0 Å². The molecular formula is C24H23N5O3. The minimum atomic E-state index is -0.122. The summed E-state index contributed by atoms with van der Waals surface area (Å²) in [6.45, 7) is 0. The number of methoxy groups -OCH3 is 1. The third kappa shape index (κ3) is 5.02. The van der Waals surface area contributed by atoms with Gasteiger partial charge in [-0.25, -0.2) is 0 Å². The Bertz CT molecular complexity index is 1390. The maximum Gasteiger partial charge on any atom is 0.250 e. The van der Waals surface area contributed by atoms with Gasteiger partial charge in [-0.2, -0.15) is 10.4 Å². The van der Waals surface area contributed by atoms with Crippen molar-refractivity contribution in [2.75, 3.05) is 7.11 Å². The molecule has 0 saturated heterocycles. The van der Waals surface area contributed by atoms with Crippen LogP contribution in [0.4, 0.5) is 0 Å². The van der Waals surface area contributed by atoms with Gasteiger partial charge in [0, 0.05) is 63.0 Å². The van der Waals surface area contributed by atoms with Gasteiger partial charge in [0.15, 0.2) is 0 Å². The highest BCUT2D eigenvalue weighted by Crippen LogP contribution is 2.29. The minimum absolute atomic E-state index is 0.115. The average Bonchev–Trinajstić information content (AvgIpc) is 3.24. The molecule has 4 rings (SSSR count). The van der Waals surface area contributed by atoms with Crippen LogP contribution in [0.5, 0.6) is 5.75 Å². The van der Waals surface area contributed by atoms with E-state index in [4.69, 9.17) is 10.00 Å². The zero-order chi connectivity index (χ0) is 23.3. The Balaban J connectivity index is 0.000000243. The van der Waals surface area contributed by atoms with Crippen LogP contribution in [-0.2, 0) is 21.1 Å². The number of aromatic nitrogens is 4. The Morgan fingerprint density at radius 3 is 2.12 bits per heavy atom. The lowest BCUT2D eigenvalue weighted by molar-refractivity contribution is 0.415. The number of hydrogen-bond donors (Lipinski definition) is 0. The molecule has 0 aliphatic carbocycles. The molecule has 0 aliphatic rings. The summed E-state index contributed by atoms with van der Waals surface area (Å²) in [4.78, 5) is 23.9. The van der Waals surface area contributed by atoms with E-state index in [-0.39, 0.29) is 11.1 Å². The number of pyridine rings is 2. The zero-order valence-electron chi connectivity index (χ0n) is 18.3. The van der Waals surface area contributed by atoms with E-state index < -0.39 is 0 Å². The van der Waals surface area contributed by atoms with Crippen LogP contribution in [-0.4, -0.2) is 26.0 Å². The van der Waals surface area contributed by atoms with Gasteiger partial charge in [0.05, 0.1) is 24.9 Å². The third-order valence-corrected chi connectivity index (χ3v) is 4.88. The molecule has 0 amide bonds. The Kier molecular flexibility index (Phi) is 6.71. The smallest absolute Gasteiger partial charge is 0.250 e. The highest BCUT2D eigenvalue weighted by Gasteiger charge is 2.12. The highest BCUT2D eigenvalue weighted by atomic mass is 16.5. The lowest BCUT2D eigenvalue weighted by atomic mass is 9.99. The Morgan fingerprint density at radius 1 is 0.875 bits per heavy atom. The molecule has 8 nitrogen and oxygen atoms in total. The molecule has 0 aliphatic heterocycles. The van der Waals surface area contributed by atoms with Crippen LogP contribution >= 0.6 is 0 Å². The molecule has 0 fully saturated rings. The Labute approximate surface area is 185 Å². The third-order valence-electron chi connectivity index (χ3n) is 4.88. The number of aryl methyl sites for hydroxylation is 3. The number of hydrogen-bond acceptors (Lipinski definition) is 5. The summed E-state index contributed by atoms with van der Waals surface area (Å²) in [5.41, 5.74) is 3.63.